The fraction of sp³-hybridized carbons (Fsp3) is 1.00. The molecule has 1 spiro atoms. The third-order valence-electron chi connectivity index (χ3n) is 3.50. The van der Waals surface area contributed by atoms with Gasteiger partial charge in [0.2, 0.25) is 0 Å². The van der Waals surface area contributed by atoms with Gasteiger partial charge in [0.25, 0.3) is 0 Å². The Labute approximate surface area is 78.0 Å². The van der Waals surface area contributed by atoms with Gasteiger partial charge in [-0.2, -0.15) is 0 Å². The highest BCUT2D eigenvalue weighted by molar-refractivity contribution is 5.09. The molecule has 2 bridgehead atoms. The summed E-state index contributed by atoms with van der Waals surface area (Å²) in [5.74, 6) is 0.337. The highest BCUT2D eigenvalue weighted by Crippen LogP contribution is 2.61. The van der Waals surface area contributed by atoms with Gasteiger partial charge in [0.05, 0.1) is 11.7 Å². The SMILES string of the molecule is CC(C)(O)C1OC23CC2CCC1O3. The summed E-state index contributed by atoms with van der Waals surface area (Å²) in [5.41, 5.74) is -0.772. The molecule has 1 N–H and O–H groups in total. The van der Waals surface area contributed by atoms with E-state index in [9.17, 15) is 5.11 Å². The molecule has 3 fully saturated rings. The van der Waals surface area contributed by atoms with Gasteiger partial charge in [0.15, 0.2) is 5.79 Å². The van der Waals surface area contributed by atoms with E-state index in [1.165, 1.54) is 6.42 Å². The lowest BCUT2D eigenvalue weighted by molar-refractivity contribution is -0.136. The van der Waals surface area contributed by atoms with Crippen LogP contribution in [0.2, 0.25) is 0 Å². The summed E-state index contributed by atoms with van der Waals surface area (Å²) in [6.45, 7) is 3.60. The van der Waals surface area contributed by atoms with E-state index in [2.05, 4.69) is 0 Å². The number of ether oxygens (including phenoxy) is 2. The highest BCUT2D eigenvalue weighted by atomic mass is 16.8. The molecular formula is C10H16O3. The largest absolute Gasteiger partial charge is 0.388 e. The van der Waals surface area contributed by atoms with Crippen molar-refractivity contribution in [1.29, 1.82) is 0 Å². The molecule has 74 valence electrons. The van der Waals surface area contributed by atoms with E-state index >= 15 is 0 Å². The number of fused-ring (bicyclic) bond motifs is 1. The van der Waals surface area contributed by atoms with E-state index in [0.29, 0.717) is 5.92 Å². The summed E-state index contributed by atoms with van der Waals surface area (Å²) in [5, 5.41) is 9.89. The quantitative estimate of drug-likeness (QED) is 0.662. The maximum absolute atomic E-state index is 9.89. The van der Waals surface area contributed by atoms with E-state index in [1.807, 2.05) is 0 Å². The Balaban J connectivity index is 1.86. The molecular weight excluding hydrogens is 168 g/mol. The van der Waals surface area contributed by atoms with Crippen LogP contribution in [0.15, 0.2) is 0 Å². The van der Waals surface area contributed by atoms with Crippen molar-refractivity contribution in [2.75, 3.05) is 0 Å². The molecule has 3 heteroatoms. The second-order valence-electron chi connectivity index (χ2n) is 5.14. The smallest absolute Gasteiger partial charge is 0.172 e. The average Bonchev–Trinajstić information content (AvgIpc) is 2.59. The monoisotopic (exact) mass is 184 g/mol. The highest BCUT2D eigenvalue weighted by Gasteiger charge is 2.68. The molecule has 4 unspecified atom stereocenters. The third-order valence-corrected chi connectivity index (χ3v) is 3.50. The van der Waals surface area contributed by atoms with Crippen molar-refractivity contribution >= 4 is 0 Å². The second-order valence-corrected chi connectivity index (χ2v) is 5.14. The molecule has 0 radical (unpaired) electrons. The zero-order valence-corrected chi connectivity index (χ0v) is 8.12. The molecule has 2 heterocycles. The van der Waals surface area contributed by atoms with Crippen molar-refractivity contribution in [3.05, 3.63) is 0 Å². The van der Waals surface area contributed by atoms with Crippen molar-refractivity contribution in [2.24, 2.45) is 5.92 Å². The van der Waals surface area contributed by atoms with Crippen molar-refractivity contribution in [3.63, 3.8) is 0 Å². The molecule has 0 aromatic heterocycles. The minimum atomic E-state index is -0.772. The first-order chi connectivity index (χ1) is 6.01. The van der Waals surface area contributed by atoms with Crippen LogP contribution in [-0.2, 0) is 9.47 Å². The van der Waals surface area contributed by atoms with Gasteiger partial charge < -0.3 is 14.6 Å². The predicted molar refractivity (Wildman–Crippen MR) is 46.1 cm³/mol. The third kappa shape index (κ3) is 1.01. The summed E-state index contributed by atoms with van der Waals surface area (Å²) in [4.78, 5) is 0. The number of aliphatic hydroxyl groups is 1. The van der Waals surface area contributed by atoms with Crippen molar-refractivity contribution in [2.45, 2.75) is 56.7 Å². The zero-order valence-electron chi connectivity index (χ0n) is 8.12. The van der Waals surface area contributed by atoms with Crippen LogP contribution in [0.25, 0.3) is 0 Å². The van der Waals surface area contributed by atoms with E-state index in [1.54, 1.807) is 13.8 Å². The minimum Gasteiger partial charge on any atom is -0.388 e. The topological polar surface area (TPSA) is 38.7 Å². The van der Waals surface area contributed by atoms with E-state index in [0.717, 1.165) is 12.8 Å². The first kappa shape index (κ1) is 8.21. The Morgan fingerprint density at radius 1 is 1.31 bits per heavy atom. The van der Waals surface area contributed by atoms with Gasteiger partial charge >= 0.3 is 0 Å². The summed E-state index contributed by atoms with van der Waals surface area (Å²) in [6.07, 6.45) is 3.28. The van der Waals surface area contributed by atoms with E-state index in [4.69, 9.17) is 9.47 Å². The average molecular weight is 184 g/mol. The van der Waals surface area contributed by atoms with E-state index < -0.39 is 5.60 Å². The molecule has 1 saturated carbocycles. The van der Waals surface area contributed by atoms with Crippen LogP contribution in [-0.4, -0.2) is 28.7 Å². The summed E-state index contributed by atoms with van der Waals surface area (Å²) in [7, 11) is 0. The lowest BCUT2D eigenvalue weighted by Gasteiger charge is -2.27. The Bertz CT molecular complexity index is 243. The molecule has 3 rings (SSSR count). The van der Waals surface area contributed by atoms with Gasteiger partial charge in [0, 0.05) is 12.3 Å². The van der Waals surface area contributed by atoms with Crippen molar-refractivity contribution in [1.82, 2.24) is 0 Å². The molecule has 1 aliphatic carbocycles. The zero-order chi connectivity index (χ0) is 9.27. The van der Waals surface area contributed by atoms with Gasteiger partial charge in [-0.1, -0.05) is 0 Å². The number of hydrogen-bond donors (Lipinski definition) is 1. The first-order valence-corrected chi connectivity index (χ1v) is 5.09. The van der Waals surface area contributed by atoms with Crippen LogP contribution in [0.3, 0.4) is 0 Å². The minimum absolute atomic E-state index is 0.124. The van der Waals surface area contributed by atoms with Crippen LogP contribution < -0.4 is 0 Å². The van der Waals surface area contributed by atoms with Gasteiger partial charge in [-0.15, -0.1) is 0 Å². The van der Waals surface area contributed by atoms with E-state index in [-0.39, 0.29) is 18.0 Å². The summed E-state index contributed by atoms with van der Waals surface area (Å²) in [6, 6.07) is 0. The van der Waals surface area contributed by atoms with Crippen LogP contribution in [0.1, 0.15) is 33.1 Å². The Kier molecular flexibility index (Phi) is 1.33. The van der Waals surface area contributed by atoms with Gasteiger partial charge in [-0.25, -0.2) is 0 Å². The fourth-order valence-electron chi connectivity index (χ4n) is 2.71. The first-order valence-electron chi connectivity index (χ1n) is 5.09. The lowest BCUT2D eigenvalue weighted by atomic mass is 9.94. The number of hydrogen-bond acceptors (Lipinski definition) is 3. The Morgan fingerprint density at radius 2 is 2.08 bits per heavy atom. The van der Waals surface area contributed by atoms with Crippen LogP contribution in [0, 0.1) is 5.92 Å². The molecule has 0 amide bonds. The molecule has 13 heavy (non-hydrogen) atoms. The molecule has 0 aromatic carbocycles. The van der Waals surface area contributed by atoms with Crippen molar-refractivity contribution in [3.8, 4) is 0 Å². The van der Waals surface area contributed by atoms with Crippen LogP contribution in [0.5, 0.6) is 0 Å². The standard InChI is InChI=1S/C10H16O3/c1-9(2,11)8-7-4-3-6-5-10(6,12-7)13-8/h6-8,11H,3-5H2,1-2H3. The van der Waals surface area contributed by atoms with Crippen molar-refractivity contribution < 1.29 is 14.6 Å². The molecule has 0 aromatic rings. The van der Waals surface area contributed by atoms with Crippen LogP contribution >= 0.6 is 0 Å². The maximum Gasteiger partial charge on any atom is 0.172 e. The molecule has 4 atom stereocenters. The normalized spacial score (nSPS) is 53.3. The summed E-state index contributed by atoms with van der Waals surface area (Å²) >= 11 is 0. The lowest BCUT2D eigenvalue weighted by Crippen LogP contribution is -2.42. The number of rotatable bonds is 1. The Hall–Kier alpha value is -0.120. The molecule has 3 nitrogen and oxygen atoms in total. The Morgan fingerprint density at radius 3 is 2.69 bits per heavy atom. The molecule has 3 aliphatic rings. The maximum atomic E-state index is 9.89. The fourth-order valence-corrected chi connectivity index (χ4v) is 2.71. The second kappa shape index (κ2) is 2.10. The molecule has 2 saturated heterocycles. The molecule has 2 aliphatic heterocycles. The van der Waals surface area contributed by atoms with Gasteiger partial charge in [-0.05, 0) is 26.7 Å². The summed E-state index contributed by atoms with van der Waals surface area (Å²) < 4.78 is 11.7. The van der Waals surface area contributed by atoms with Gasteiger partial charge in [0.1, 0.15) is 6.10 Å². The predicted octanol–water partition coefficient (Wildman–Crippen LogP) is 1.05. The van der Waals surface area contributed by atoms with Gasteiger partial charge in [-0.3, -0.25) is 0 Å². The van der Waals surface area contributed by atoms with Crippen LogP contribution in [0.4, 0.5) is 0 Å².